The number of rotatable bonds is 8. The van der Waals surface area contributed by atoms with Crippen molar-refractivity contribution in [1.82, 2.24) is 0 Å². The standard InChI is InChI=1S/C28H31.C27H29.2CH3.2ClH.H2Si.Zr/c1-18(2)24-13-23-4-3-5-26(27(23)14-24)22-6-8-25(9-7-22)28-15-19-10-20(16-28)12-21(11-19)17-28;1-2-18-13-23-4-3-5-25(26(23)14-18)22-6-8-24(9-7-22)27-15-19-10-20(16-27)12-21(11-19)17-27;;;;;;/h3-9,13-14,18-21H,10-12,15-17H2,1-2H3;3-9,13-14,19-21H,2,10-12,15-17H2,1H3;2*1H3;2*1H;1H2;. The van der Waals surface area contributed by atoms with E-state index in [0.29, 0.717) is 24.0 Å². The van der Waals surface area contributed by atoms with E-state index >= 15 is 0 Å². The Morgan fingerprint density at radius 1 is 0.541 bits per heavy atom. The molecule has 8 saturated carbocycles. The molecule has 0 nitrogen and oxygen atoms in total. The number of hydrogen-bond acceptors (Lipinski definition) is 0. The third-order valence-corrected chi connectivity index (χ3v) is 36.3. The van der Waals surface area contributed by atoms with Gasteiger partial charge in [-0.25, -0.2) is 0 Å². The number of halogens is 2. The van der Waals surface area contributed by atoms with E-state index in [1.807, 2.05) is 0 Å². The largest absolute Gasteiger partial charge is 0.147 e. The first-order chi connectivity index (χ1) is 28.4. The molecule has 8 fully saturated rings. The SMILES string of the molecule is CCC1=Cc2c(-c3ccc(C45CC6CC(CC(C6)C4)C5)cc3)cccc2[CH]1[Zr]([CH3])([CH3])(=[SiH2])[CH]1C(C(C)C)=Cc2c(-c3ccc(C45CC6CC(CC(C6)C4)C5)cc3)cccc21.Cl.Cl. The molecule has 0 aliphatic heterocycles. The van der Waals surface area contributed by atoms with Crippen molar-refractivity contribution in [3.63, 3.8) is 0 Å². The minimum atomic E-state index is -3.76. The van der Waals surface area contributed by atoms with Crippen LogP contribution < -0.4 is 0 Å². The van der Waals surface area contributed by atoms with Crippen LogP contribution in [0.25, 0.3) is 34.4 Å². The van der Waals surface area contributed by atoms with Crippen LogP contribution in [0.3, 0.4) is 0 Å². The summed E-state index contributed by atoms with van der Waals surface area (Å²) in [6, 6.07) is 35.1. The van der Waals surface area contributed by atoms with Crippen molar-refractivity contribution in [3.05, 3.63) is 129 Å². The van der Waals surface area contributed by atoms with Gasteiger partial charge in [-0.05, 0) is 0 Å². The Morgan fingerprint density at radius 3 is 1.30 bits per heavy atom. The van der Waals surface area contributed by atoms with Gasteiger partial charge in [0.2, 0.25) is 0 Å². The van der Waals surface area contributed by atoms with Crippen LogP contribution in [0.1, 0.15) is 145 Å². The van der Waals surface area contributed by atoms with Crippen molar-refractivity contribution in [3.8, 4) is 22.3 Å². The Hall–Kier alpha value is -1.96. The van der Waals surface area contributed by atoms with Gasteiger partial charge in [0, 0.05) is 0 Å². The average molecular weight is 945 g/mol. The van der Waals surface area contributed by atoms with E-state index in [2.05, 4.69) is 134 Å². The Kier molecular flexibility index (Phi) is 10.6. The summed E-state index contributed by atoms with van der Waals surface area (Å²) in [5.74, 6) is 6.41. The fraction of sp³-hybridized carbons (Fsp3) is 0.509. The second-order valence-electron chi connectivity index (χ2n) is 23.8. The van der Waals surface area contributed by atoms with Gasteiger partial charge in [-0.15, -0.1) is 24.8 Å². The van der Waals surface area contributed by atoms with Gasteiger partial charge < -0.3 is 0 Å². The van der Waals surface area contributed by atoms with Crippen molar-refractivity contribution in [1.29, 1.82) is 0 Å². The second kappa shape index (κ2) is 15.0. The van der Waals surface area contributed by atoms with Gasteiger partial charge >= 0.3 is 361 Å². The number of fused-ring (bicyclic) bond motifs is 2. The van der Waals surface area contributed by atoms with Crippen molar-refractivity contribution in [2.24, 2.45) is 41.4 Å². The molecule has 61 heavy (non-hydrogen) atoms. The first-order valence-corrected chi connectivity index (χ1v) is 38.0. The molecule has 0 spiro atoms. The quantitative estimate of drug-likeness (QED) is 0.154. The van der Waals surface area contributed by atoms with Gasteiger partial charge in [0.15, 0.2) is 0 Å². The summed E-state index contributed by atoms with van der Waals surface area (Å²) in [6.07, 6.45) is 24.2. The molecule has 0 heterocycles. The molecular weight excluding hydrogens is 875 g/mol. The molecule has 8 bridgehead atoms. The van der Waals surface area contributed by atoms with E-state index < -0.39 is 17.4 Å². The third-order valence-electron chi connectivity index (χ3n) is 18.9. The molecule has 0 saturated heterocycles. The summed E-state index contributed by atoms with van der Waals surface area (Å²) in [7, 11) is 0. The molecule has 0 radical (unpaired) electrons. The van der Waals surface area contributed by atoms with E-state index in [4.69, 9.17) is 0 Å². The molecule has 0 amide bonds. The first kappa shape index (κ1) is 43.0. The predicted octanol–water partition coefficient (Wildman–Crippen LogP) is 15.8. The smallest absolute Gasteiger partial charge is 0.147 e. The molecule has 2 atom stereocenters. The average Bonchev–Trinajstić information content (AvgIpc) is 3.81. The zero-order chi connectivity index (χ0) is 40.1. The summed E-state index contributed by atoms with van der Waals surface area (Å²) in [6.45, 7) is 9.91. The summed E-state index contributed by atoms with van der Waals surface area (Å²) in [5.41, 5.74) is 19.6. The van der Waals surface area contributed by atoms with Crippen LogP contribution in [0.2, 0.25) is 9.26 Å². The molecule has 4 aromatic carbocycles. The van der Waals surface area contributed by atoms with Gasteiger partial charge in [0.25, 0.3) is 0 Å². The van der Waals surface area contributed by atoms with Gasteiger partial charge in [0.1, 0.15) is 0 Å². The fourth-order valence-corrected chi connectivity index (χ4v) is 37.5. The van der Waals surface area contributed by atoms with Crippen molar-refractivity contribution in [2.75, 3.05) is 0 Å². The van der Waals surface area contributed by atoms with Gasteiger partial charge in [-0.2, -0.15) is 0 Å². The molecule has 4 heteroatoms. The van der Waals surface area contributed by atoms with Gasteiger partial charge in [0.05, 0.1) is 0 Å². The molecule has 0 aromatic heterocycles. The molecule has 10 aliphatic carbocycles. The number of allylic oxidation sites excluding steroid dienone is 2. The number of hydrogen-bond donors (Lipinski definition) is 0. The van der Waals surface area contributed by atoms with Crippen molar-refractivity contribution < 1.29 is 17.4 Å². The maximum atomic E-state index is 2.85. The minimum absolute atomic E-state index is 0. The van der Waals surface area contributed by atoms with E-state index in [9.17, 15) is 0 Å². The first-order valence-electron chi connectivity index (χ1n) is 24.3. The maximum Gasteiger partial charge on any atom is -0.147 e. The van der Waals surface area contributed by atoms with Crippen molar-refractivity contribution in [2.45, 2.75) is 132 Å². The van der Waals surface area contributed by atoms with Gasteiger partial charge in [-0.1, -0.05) is 0 Å². The Bertz CT molecular complexity index is 2440. The van der Waals surface area contributed by atoms with Crippen LogP contribution in [0.4, 0.5) is 0 Å². The maximum absolute atomic E-state index is 3.76. The van der Waals surface area contributed by atoms with Crippen LogP contribution in [0, 0.1) is 41.4 Å². The van der Waals surface area contributed by atoms with E-state index in [-0.39, 0.29) is 24.8 Å². The summed E-state index contributed by atoms with van der Waals surface area (Å²) in [5, 5.41) is 0. The number of benzene rings is 4. The van der Waals surface area contributed by atoms with E-state index in [1.165, 1.54) is 110 Å². The Balaban J connectivity index is 0.00000223. The fourth-order valence-electron chi connectivity index (χ4n) is 17.5. The minimum Gasteiger partial charge on any atom is -0.147 e. The van der Waals surface area contributed by atoms with E-state index in [0.717, 1.165) is 41.9 Å². The van der Waals surface area contributed by atoms with Crippen LogP contribution >= 0.6 is 24.8 Å². The molecule has 10 aliphatic rings. The summed E-state index contributed by atoms with van der Waals surface area (Å²) in [4.78, 5) is 0. The molecule has 14 rings (SSSR count). The van der Waals surface area contributed by atoms with Gasteiger partial charge in [-0.3, -0.25) is 0 Å². The Morgan fingerprint density at radius 2 is 0.918 bits per heavy atom. The summed E-state index contributed by atoms with van der Waals surface area (Å²) >= 11 is -3.76. The third kappa shape index (κ3) is 6.61. The van der Waals surface area contributed by atoms with E-state index in [1.54, 1.807) is 33.4 Å². The monoisotopic (exact) mass is 942 g/mol. The van der Waals surface area contributed by atoms with Crippen LogP contribution in [0.15, 0.2) is 96.1 Å². The molecule has 4 aromatic rings. The van der Waals surface area contributed by atoms with Crippen LogP contribution in [-0.2, 0) is 28.2 Å². The topological polar surface area (TPSA) is 0 Å². The zero-order valence-corrected chi connectivity index (χ0v) is 43.2. The van der Waals surface area contributed by atoms with Crippen LogP contribution in [0.5, 0.6) is 0 Å². The summed E-state index contributed by atoms with van der Waals surface area (Å²) < 4.78 is 6.77. The second-order valence-corrected chi connectivity index (χ2v) is 54.3. The molecule has 0 N–H and O–H groups in total. The Labute approximate surface area is 382 Å². The molecule has 2 unspecified atom stereocenters. The molecular formula is C57H70Cl2SiZr. The molecule has 320 valence electrons. The van der Waals surface area contributed by atoms with Crippen molar-refractivity contribution >= 4 is 43.8 Å². The normalized spacial score (nSPS) is 33.8. The zero-order valence-electron chi connectivity index (χ0n) is 37.6. The van der Waals surface area contributed by atoms with Crippen LogP contribution in [-0.4, -0.2) is 6.88 Å². The predicted molar refractivity (Wildman–Crippen MR) is 265 cm³/mol.